The number of benzene rings is 2. The fraction of sp³-hybridized carbons (Fsp3) is 0.280. The standard InChI is InChI=1S/C25H23N3O3/c1-15-8-10-28(11-9-15)20-13-19(26-14-16-5-4-12-30-16)21-22-23(20)27-31-25(22)18-7-3-2-6-17(18)24(21)29/h2-7,12-13,15,26H,8-11,14H2,1H3. The minimum Gasteiger partial charge on any atom is -0.467 e. The molecule has 4 aromatic rings. The molecule has 1 aliphatic carbocycles. The van der Waals surface area contributed by atoms with Crippen molar-refractivity contribution >= 4 is 28.1 Å². The van der Waals surface area contributed by atoms with Gasteiger partial charge in [0, 0.05) is 29.9 Å². The third kappa shape index (κ3) is 2.86. The van der Waals surface area contributed by atoms with Gasteiger partial charge < -0.3 is 19.2 Å². The molecule has 0 spiro atoms. The monoisotopic (exact) mass is 413 g/mol. The molecule has 2 aromatic carbocycles. The van der Waals surface area contributed by atoms with Gasteiger partial charge in [-0.3, -0.25) is 4.79 Å². The summed E-state index contributed by atoms with van der Waals surface area (Å²) in [5.74, 6) is 2.21. The van der Waals surface area contributed by atoms with Gasteiger partial charge in [-0.15, -0.1) is 0 Å². The predicted molar refractivity (Wildman–Crippen MR) is 120 cm³/mol. The fourth-order valence-electron chi connectivity index (χ4n) is 4.77. The summed E-state index contributed by atoms with van der Waals surface area (Å²) >= 11 is 0. The first-order chi connectivity index (χ1) is 15.2. The van der Waals surface area contributed by atoms with Gasteiger partial charge in [0.2, 0.25) is 0 Å². The number of rotatable bonds is 4. The highest BCUT2D eigenvalue weighted by molar-refractivity contribution is 6.28. The Hall–Kier alpha value is -3.54. The summed E-state index contributed by atoms with van der Waals surface area (Å²) in [5.41, 5.74) is 4.67. The van der Waals surface area contributed by atoms with E-state index in [-0.39, 0.29) is 5.78 Å². The van der Waals surface area contributed by atoms with Crippen molar-refractivity contribution in [2.75, 3.05) is 23.3 Å². The van der Waals surface area contributed by atoms with E-state index in [0.717, 1.165) is 65.5 Å². The van der Waals surface area contributed by atoms with Crippen LogP contribution in [0.1, 0.15) is 41.4 Å². The molecule has 1 fully saturated rings. The zero-order chi connectivity index (χ0) is 20.9. The SMILES string of the molecule is CC1CCN(c2cc(NCc3ccco3)c3c4c(onc24)-c2ccccc2C3=O)CC1. The second-order valence-corrected chi connectivity index (χ2v) is 8.53. The molecule has 6 nitrogen and oxygen atoms in total. The first-order valence-corrected chi connectivity index (χ1v) is 10.8. The Morgan fingerprint density at radius 2 is 1.94 bits per heavy atom. The zero-order valence-electron chi connectivity index (χ0n) is 17.4. The lowest BCUT2D eigenvalue weighted by Gasteiger charge is -2.33. The highest BCUT2D eigenvalue weighted by Crippen LogP contribution is 2.46. The molecule has 2 aromatic heterocycles. The molecule has 0 bridgehead atoms. The van der Waals surface area contributed by atoms with Gasteiger partial charge in [0.05, 0.1) is 29.4 Å². The van der Waals surface area contributed by atoms with E-state index < -0.39 is 0 Å². The highest BCUT2D eigenvalue weighted by atomic mass is 16.5. The van der Waals surface area contributed by atoms with Crippen molar-refractivity contribution < 1.29 is 13.7 Å². The number of carbonyl (C=O) groups excluding carboxylic acids is 1. The van der Waals surface area contributed by atoms with Gasteiger partial charge in [-0.2, -0.15) is 0 Å². The van der Waals surface area contributed by atoms with Crippen LogP contribution in [-0.4, -0.2) is 24.0 Å². The number of carbonyl (C=O) groups is 1. The first kappa shape index (κ1) is 18.2. The number of anilines is 2. The van der Waals surface area contributed by atoms with E-state index in [1.807, 2.05) is 36.4 Å². The van der Waals surface area contributed by atoms with Crippen molar-refractivity contribution in [3.8, 4) is 11.3 Å². The third-order valence-electron chi connectivity index (χ3n) is 6.54. The summed E-state index contributed by atoms with van der Waals surface area (Å²) in [6.45, 7) is 4.74. The maximum absolute atomic E-state index is 13.6. The summed E-state index contributed by atoms with van der Waals surface area (Å²) in [5, 5.41) is 8.71. The van der Waals surface area contributed by atoms with E-state index >= 15 is 0 Å². The Bertz CT molecular complexity index is 1280. The van der Waals surface area contributed by atoms with Crippen LogP contribution in [-0.2, 0) is 6.54 Å². The number of fused-ring (bicyclic) bond motifs is 2. The fourth-order valence-corrected chi connectivity index (χ4v) is 4.77. The van der Waals surface area contributed by atoms with Gasteiger partial charge in [-0.05, 0) is 37.0 Å². The molecule has 1 N–H and O–H groups in total. The summed E-state index contributed by atoms with van der Waals surface area (Å²) in [7, 11) is 0. The zero-order valence-corrected chi connectivity index (χ0v) is 17.4. The van der Waals surface area contributed by atoms with E-state index in [2.05, 4.69) is 28.4 Å². The Balaban J connectivity index is 1.54. The number of hydrogen-bond donors (Lipinski definition) is 1. The number of furan rings is 1. The van der Waals surface area contributed by atoms with Gasteiger partial charge in [0.25, 0.3) is 0 Å². The molecule has 2 aliphatic rings. The Kier molecular flexibility index (Phi) is 4.13. The lowest BCUT2D eigenvalue weighted by Crippen LogP contribution is -2.33. The molecule has 0 saturated carbocycles. The highest BCUT2D eigenvalue weighted by Gasteiger charge is 2.34. The molecule has 156 valence electrons. The number of piperidine rings is 1. The van der Waals surface area contributed by atoms with Crippen molar-refractivity contribution in [1.29, 1.82) is 0 Å². The number of ketones is 1. The molecule has 0 radical (unpaired) electrons. The Morgan fingerprint density at radius 1 is 1.13 bits per heavy atom. The average molecular weight is 413 g/mol. The van der Waals surface area contributed by atoms with Crippen LogP contribution in [0.25, 0.3) is 22.2 Å². The van der Waals surface area contributed by atoms with E-state index in [4.69, 9.17) is 8.94 Å². The first-order valence-electron chi connectivity index (χ1n) is 10.8. The minimum absolute atomic E-state index is 0.00272. The minimum atomic E-state index is -0.00272. The van der Waals surface area contributed by atoms with Gasteiger partial charge in [0.1, 0.15) is 11.3 Å². The molecule has 31 heavy (non-hydrogen) atoms. The Labute approximate surface area is 179 Å². The van der Waals surface area contributed by atoms with Crippen molar-refractivity contribution in [1.82, 2.24) is 5.16 Å². The maximum atomic E-state index is 13.6. The van der Waals surface area contributed by atoms with Crippen molar-refractivity contribution in [2.24, 2.45) is 5.92 Å². The smallest absolute Gasteiger partial charge is 0.196 e. The van der Waals surface area contributed by atoms with Crippen LogP contribution in [0, 0.1) is 5.92 Å². The molecular weight excluding hydrogens is 390 g/mol. The van der Waals surface area contributed by atoms with Crippen molar-refractivity contribution in [3.05, 3.63) is 65.6 Å². The molecule has 6 heteroatoms. The largest absolute Gasteiger partial charge is 0.467 e. The normalized spacial score (nSPS) is 16.0. The molecule has 0 amide bonds. The van der Waals surface area contributed by atoms with Crippen LogP contribution in [0.5, 0.6) is 0 Å². The van der Waals surface area contributed by atoms with Crippen LogP contribution < -0.4 is 10.2 Å². The van der Waals surface area contributed by atoms with Crippen LogP contribution in [0.4, 0.5) is 11.4 Å². The summed E-state index contributed by atoms with van der Waals surface area (Å²) in [6.07, 6.45) is 3.94. The van der Waals surface area contributed by atoms with E-state index in [9.17, 15) is 4.79 Å². The van der Waals surface area contributed by atoms with Gasteiger partial charge >= 0.3 is 0 Å². The van der Waals surface area contributed by atoms with Crippen LogP contribution >= 0.6 is 0 Å². The summed E-state index contributed by atoms with van der Waals surface area (Å²) < 4.78 is 11.3. The van der Waals surface area contributed by atoms with Crippen LogP contribution in [0.2, 0.25) is 0 Å². The Morgan fingerprint density at radius 3 is 2.71 bits per heavy atom. The lowest BCUT2D eigenvalue weighted by atomic mass is 9.86. The summed E-state index contributed by atoms with van der Waals surface area (Å²) in [4.78, 5) is 15.9. The predicted octanol–water partition coefficient (Wildman–Crippen LogP) is 5.48. The van der Waals surface area contributed by atoms with Gasteiger partial charge in [0.15, 0.2) is 11.5 Å². The summed E-state index contributed by atoms with van der Waals surface area (Å²) in [6, 6.07) is 13.4. The molecular formula is C25H23N3O3. The molecule has 1 saturated heterocycles. The molecule has 1 aliphatic heterocycles. The number of nitrogens with zero attached hydrogens (tertiary/aromatic N) is 2. The van der Waals surface area contributed by atoms with E-state index in [0.29, 0.717) is 23.4 Å². The topological polar surface area (TPSA) is 71.5 Å². The quantitative estimate of drug-likeness (QED) is 0.421. The van der Waals surface area contributed by atoms with Crippen LogP contribution in [0.15, 0.2) is 57.7 Å². The van der Waals surface area contributed by atoms with Gasteiger partial charge in [-0.1, -0.05) is 36.3 Å². The lowest BCUT2D eigenvalue weighted by molar-refractivity contribution is 0.104. The second-order valence-electron chi connectivity index (χ2n) is 8.53. The van der Waals surface area contributed by atoms with Crippen molar-refractivity contribution in [3.63, 3.8) is 0 Å². The molecule has 0 unspecified atom stereocenters. The van der Waals surface area contributed by atoms with Crippen molar-refractivity contribution in [2.45, 2.75) is 26.3 Å². The van der Waals surface area contributed by atoms with Crippen LogP contribution in [0.3, 0.4) is 0 Å². The average Bonchev–Trinajstić information content (AvgIpc) is 3.47. The van der Waals surface area contributed by atoms with Gasteiger partial charge in [-0.25, -0.2) is 0 Å². The number of hydrogen-bond acceptors (Lipinski definition) is 6. The molecule has 0 atom stereocenters. The molecule has 6 rings (SSSR count). The third-order valence-corrected chi connectivity index (χ3v) is 6.54. The second kappa shape index (κ2) is 7.01. The molecule has 3 heterocycles. The number of aromatic nitrogens is 1. The number of nitrogens with one attached hydrogen (secondary N) is 1. The van der Waals surface area contributed by atoms with E-state index in [1.54, 1.807) is 6.26 Å². The maximum Gasteiger partial charge on any atom is 0.196 e. The van der Waals surface area contributed by atoms with E-state index in [1.165, 1.54) is 0 Å².